The Morgan fingerprint density at radius 2 is 2.08 bits per heavy atom. The molecular formula is C19H22FNO3. The van der Waals surface area contributed by atoms with Gasteiger partial charge in [0.2, 0.25) is 0 Å². The summed E-state index contributed by atoms with van der Waals surface area (Å²) in [7, 11) is 1.54. The van der Waals surface area contributed by atoms with Crippen LogP contribution in [0.4, 0.5) is 4.39 Å². The van der Waals surface area contributed by atoms with Crippen LogP contribution in [0.2, 0.25) is 0 Å². The fourth-order valence-electron chi connectivity index (χ4n) is 3.18. The third-order valence-electron chi connectivity index (χ3n) is 4.44. The third kappa shape index (κ3) is 3.43. The highest BCUT2D eigenvalue weighted by Crippen LogP contribution is 2.35. The van der Waals surface area contributed by atoms with E-state index in [1.165, 1.54) is 19.2 Å². The van der Waals surface area contributed by atoms with E-state index in [9.17, 15) is 9.50 Å². The second-order valence-electron chi connectivity index (χ2n) is 5.99. The van der Waals surface area contributed by atoms with Gasteiger partial charge in [-0.3, -0.25) is 0 Å². The Balaban J connectivity index is 2.00. The molecule has 1 saturated heterocycles. The molecule has 0 aliphatic carbocycles. The van der Waals surface area contributed by atoms with Crippen LogP contribution in [0.3, 0.4) is 0 Å². The summed E-state index contributed by atoms with van der Waals surface area (Å²) in [5.74, 6) is 0.193. The van der Waals surface area contributed by atoms with Gasteiger partial charge in [0.1, 0.15) is 23.3 Å². The first-order chi connectivity index (χ1) is 11.6. The highest BCUT2D eigenvalue weighted by atomic mass is 19.1. The normalized spacial score (nSPS) is 20.4. The number of benzene rings is 2. The third-order valence-corrected chi connectivity index (χ3v) is 4.44. The first-order valence-electron chi connectivity index (χ1n) is 8.06. The van der Waals surface area contributed by atoms with E-state index in [1.807, 2.05) is 30.3 Å². The summed E-state index contributed by atoms with van der Waals surface area (Å²) in [5.41, 5.74) is 0.0680. The van der Waals surface area contributed by atoms with E-state index in [0.29, 0.717) is 24.5 Å². The molecule has 0 spiro atoms. The monoisotopic (exact) mass is 331 g/mol. The van der Waals surface area contributed by atoms with Gasteiger partial charge in [-0.2, -0.15) is 0 Å². The first kappa shape index (κ1) is 16.9. The lowest BCUT2D eigenvalue weighted by Gasteiger charge is -2.39. The number of morpholine rings is 1. The van der Waals surface area contributed by atoms with Crippen LogP contribution < -0.4 is 10.1 Å². The molecule has 2 N–H and O–H groups in total. The molecule has 0 saturated carbocycles. The lowest BCUT2D eigenvalue weighted by Crippen LogP contribution is -2.52. The molecule has 0 radical (unpaired) electrons. The molecule has 1 heterocycles. The fraction of sp³-hybridized carbons (Fsp3) is 0.368. The minimum absolute atomic E-state index is 0.199. The summed E-state index contributed by atoms with van der Waals surface area (Å²) in [4.78, 5) is 0. The number of rotatable bonds is 5. The van der Waals surface area contributed by atoms with Crippen molar-refractivity contribution in [3.8, 4) is 5.75 Å². The number of methoxy groups -OCH3 is 1. The largest absolute Gasteiger partial charge is 0.496 e. The molecular weight excluding hydrogens is 309 g/mol. The van der Waals surface area contributed by atoms with Crippen molar-refractivity contribution >= 4 is 0 Å². The number of hydrogen-bond acceptors (Lipinski definition) is 4. The van der Waals surface area contributed by atoms with Gasteiger partial charge in [-0.1, -0.05) is 30.3 Å². The number of nitrogens with one attached hydrogen (secondary N) is 1. The highest BCUT2D eigenvalue weighted by Gasteiger charge is 2.41. The van der Waals surface area contributed by atoms with Crippen LogP contribution in [0.15, 0.2) is 48.5 Å². The zero-order valence-electron chi connectivity index (χ0n) is 13.7. The second-order valence-corrected chi connectivity index (χ2v) is 5.99. The van der Waals surface area contributed by atoms with E-state index in [-0.39, 0.29) is 12.2 Å². The summed E-state index contributed by atoms with van der Waals surface area (Å²) in [6, 6.07) is 13.7. The van der Waals surface area contributed by atoms with Crippen LogP contribution in [-0.4, -0.2) is 38.0 Å². The Morgan fingerprint density at radius 3 is 2.75 bits per heavy atom. The van der Waals surface area contributed by atoms with Gasteiger partial charge < -0.3 is 19.9 Å². The smallest absolute Gasteiger partial charge is 0.123 e. The molecule has 128 valence electrons. The molecule has 1 fully saturated rings. The van der Waals surface area contributed by atoms with E-state index in [2.05, 4.69) is 5.32 Å². The SMILES string of the molecule is COc1ccc(F)cc1C[C@@](O)(c1ccccc1)[C@@H]1CNCCO1. The van der Waals surface area contributed by atoms with Crippen molar-refractivity contribution in [1.82, 2.24) is 5.32 Å². The van der Waals surface area contributed by atoms with Gasteiger partial charge in [0.15, 0.2) is 0 Å². The highest BCUT2D eigenvalue weighted by molar-refractivity contribution is 5.37. The topological polar surface area (TPSA) is 50.7 Å². The summed E-state index contributed by atoms with van der Waals surface area (Å²) in [6.45, 7) is 1.81. The van der Waals surface area contributed by atoms with Gasteiger partial charge in [0.05, 0.1) is 13.7 Å². The average molecular weight is 331 g/mol. The number of halogens is 1. The Bertz CT molecular complexity index is 674. The van der Waals surface area contributed by atoms with E-state index in [4.69, 9.17) is 9.47 Å². The maximum Gasteiger partial charge on any atom is 0.123 e. The Morgan fingerprint density at radius 1 is 1.29 bits per heavy atom. The predicted octanol–water partition coefficient (Wildman–Crippen LogP) is 2.25. The van der Waals surface area contributed by atoms with Crippen molar-refractivity contribution in [3.63, 3.8) is 0 Å². The molecule has 0 bridgehead atoms. The molecule has 1 aliphatic rings. The summed E-state index contributed by atoms with van der Waals surface area (Å²) in [5, 5.41) is 14.8. The van der Waals surface area contributed by atoms with Crippen LogP contribution in [0.1, 0.15) is 11.1 Å². The minimum Gasteiger partial charge on any atom is -0.496 e. The van der Waals surface area contributed by atoms with Gasteiger partial charge in [0, 0.05) is 25.1 Å². The summed E-state index contributed by atoms with van der Waals surface area (Å²) in [6.07, 6.45) is -0.230. The molecule has 2 aromatic carbocycles. The minimum atomic E-state index is -1.28. The number of hydrogen-bond donors (Lipinski definition) is 2. The van der Waals surface area contributed by atoms with Crippen molar-refractivity contribution in [3.05, 3.63) is 65.5 Å². The number of aliphatic hydroxyl groups is 1. The number of ether oxygens (including phenoxy) is 2. The zero-order valence-corrected chi connectivity index (χ0v) is 13.7. The molecule has 5 heteroatoms. The molecule has 0 unspecified atom stereocenters. The van der Waals surface area contributed by atoms with Crippen molar-refractivity contribution in [2.24, 2.45) is 0 Å². The molecule has 1 aliphatic heterocycles. The van der Waals surface area contributed by atoms with Crippen LogP contribution in [0.5, 0.6) is 5.75 Å². The molecule has 3 rings (SSSR count). The van der Waals surface area contributed by atoms with Crippen molar-refractivity contribution in [2.45, 2.75) is 18.1 Å². The Hall–Kier alpha value is -1.95. The molecule has 0 aromatic heterocycles. The van der Waals surface area contributed by atoms with Crippen molar-refractivity contribution < 1.29 is 19.0 Å². The molecule has 0 amide bonds. The van der Waals surface area contributed by atoms with Gasteiger partial charge in [-0.15, -0.1) is 0 Å². The Kier molecular flexibility index (Phi) is 5.14. The van der Waals surface area contributed by atoms with E-state index < -0.39 is 11.7 Å². The molecule has 4 nitrogen and oxygen atoms in total. The molecule has 2 atom stereocenters. The summed E-state index contributed by atoms with van der Waals surface area (Å²) >= 11 is 0. The van der Waals surface area contributed by atoms with Gasteiger partial charge >= 0.3 is 0 Å². The lowest BCUT2D eigenvalue weighted by molar-refractivity contribution is -0.124. The zero-order chi connectivity index (χ0) is 17.0. The average Bonchev–Trinajstić information content (AvgIpc) is 2.63. The van der Waals surface area contributed by atoms with Crippen LogP contribution >= 0.6 is 0 Å². The summed E-state index contributed by atoms with van der Waals surface area (Å²) < 4.78 is 24.9. The van der Waals surface area contributed by atoms with Crippen LogP contribution in [0, 0.1) is 5.82 Å². The molecule has 2 aromatic rings. The fourth-order valence-corrected chi connectivity index (χ4v) is 3.18. The maximum atomic E-state index is 13.7. The molecule has 24 heavy (non-hydrogen) atoms. The van der Waals surface area contributed by atoms with E-state index >= 15 is 0 Å². The lowest BCUT2D eigenvalue weighted by atomic mass is 9.81. The predicted molar refractivity (Wildman–Crippen MR) is 89.6 cm³/mol. The standard InChI is InChI=1S/C19H22FNO3/c1-23-17-8-7-16(20)11-14(17)12-19(22,15-5-3-2-4-6-15)18-13-21-9-10-24-18/h2-8,11,18,21-22H,9-10,12-13H2,1H3/t18-,19+/m0/s1. The Labute approximate surface area is 141 Å². The van der Waals surface area contributed by atoms with Crippen LogP contribution in [0.25, 0.3) is 0 Å². The van der Waals surface area contributed by atoms with E-state index in [1.54, 1.807) is 6.07 Å². The second kappa shape index (κ2) is 7.30. The quantitative estimate of drug-likeness (QED) is 0.882. The first-order valence-corrected chi connectivity index (χ1v) is 8.06. The van der Waals surface area contributed by atoms with Crippen molar-refractivity contribution in [2.75, 3.05) is 26.8 Å². The van der Waals surface area contributed by atoms with Crippen molar-refractivity contribution in [1.29, 1.82) is 0 Å². The van der Waals surface area contributed by atoms with E-state index in [0.717, 1.165) is 12.1 Å². The van der Waals surface area contributed by atoms with Crippen LogP contribution in [-0.2, 0) is 16.8 Å². The van der Waals surface area contributed by atoms with Gasteiger partial charge in [-0.05, 0) is 23.8 Å². The van der Waals surface area contributed by atoms with Gasteiger partial charge in [-0.25, -0.2) is 4.39 Å². The maximum absolute atomic E-state index is 13.7. The van der Waals surface area contributed by atoms with Gasteiger partial charge in [0.25, 0.3) is 0 Å².